The Bertz CT molecular complexity index is 3660. The fourth-order valence-electron chi connectivity index (χ4n) is 12.6. The van der Waals surface area contributed by atoms with E-state index in [0.717, 1.165) is 17.3 Å². The number of allylic oxidation sites excluding steroid dienone is 2. The van der Waals surface area contributed by atoms with Crippen LogP contribution in [0.4, 0.5) is 0 Å². The number of amides is 13. The van der Waals surface area contributed by atoms with Gasteiger partial charge in [0.2, 0.25) is 76.8 Å². The van der Waals surface area contributed by atoms with Crippen molar-refractivity contribution in [1.82, 2.24) is 63.1 Å². The van der Waals surface area contributed by atoms with Crippen molar-refractivity contribution < 1.29 is 97.5 Å². The van der Waals surface area contributed by atoms with Crippen LogP contribution < -0.4 is 64.6 Å². The third kappa shape index (κ3) is 32.3. The lowest BCUT2D eigenvalue weighted by Crippen LogP contribution is -2.62. The zero-order valence-electron chi connectivity index (χ0n) is 64.7. The topological polar surface area (TPSA) is 549 Å². The van der Waals surface area contributed by atoms with E-state index in [1.54, 1.807) is 84.1 Å². The summed E-state index contributed by atoms with van der Waals surface area (Å²) in [6, 6.07) is -0.331. The van der Waals surface area contributed by atoms with Gasteiger partial charge in [0.15, 0.2) is 0 Å². The molecule has 13 amide bonds. The van der Waals surface area contributed by atoms with Crippen LogP contribution in [0.5, 0.6) is 0 Å². The van der Waals surface area contributed by atoms with E-state index in [9.17, 15) is 97.5 Å². The number of para-hydroxylation sites is 1. The average molecular weight is 1560 g/mol. The molecule has 614 valence electrons. The molecule has 1 saturated heterocycles. The van der Waals surface area contributed by atoms with Crippen LogP contribution in [0.3, 0.4) is 0 Å². The first-order valence-corrected chi connectivity index (χ1v) is 38.1. The standard InChI is InChI=1S/C77H116N14O20/c1-9-45(6)64(73(105)90-66(47(8)94)75(107)85-54(37-44(4)5)69(101)87-57(77(110)111)39-49-41-80-51-29-24-23-28-50(49)51)88-67(99)52(33-34-60(78)95)82-72(104)59-30-25-35-91(59)63(98)32-22-17-15-13-11-10-12-14-16-21-31-62(97)81-58(42-92)71(103)89-65(46(7)93)74(106)84-53(36-43(2)3)68(100)83-55(40-61(79)96)70(102)86-56(76(108)109)38-48-26-19-18-20-27-48/h10-11,18-20,23-24,26-29,41,43-47,52-59,64-66,80,92-94H,9,12-17,21-22,25,30-40,42H2,1-8H3,(H2,78,95)(H2,79,96)(H,81,97)(H,82,104)(H,83,100)(H,84,106)(H,85,107)(H,86,102)(H,87,101)(H,88,99)(H,89,103)(H,90,105)(H,108,109)(H,110,111)/b11-10-/t45-,46+,47+,52-,53-,54-,55-,56-,57-,58-,59-,64-,65-,66-/m0/s1. The molecule has 0 unspecified atom stereocenters. The van der Waals surface area contributed by atoms with Gasteiger partial charge in [-0.1, -0.05) is 121 Å². The first kappa shape index (κ1) is 93.0. The van der Waals surface area contributed by atoms with Crippen molar-refractivity contribution in [1.29, 1.82) is 0 Å². The summed E-state index contributed by atoms with van der Waals surface area (Å²) < 4.78 is 0. The maximum Gasteiger partial charge on any atom is 0.326 e. The van der Waals surface area contributed by atoms with Gasteiger partial charge in [-0.05, 0) is 119 Å². The second-order valence-corrected chi connectivity index (χ2v) is 29.3. The maximum absolute atomic E-state index is 14.2. The van der Waals surface area contributed by atoms with Crippen LogP contribution in [-0.4, -0.2) is 216 Å². The molecule has 2 aromatic carbocycles. The minimum Gasteiger partial charge on any atom is -0.480 e. The fourth-order valence-corrected chi connectivity index (χ4v) is 12.6. The Morgan fingerprint density at radius 1 is 0.514 bits per heavy atom. The van der Waals surface area contributed by atoms with Gasteiger partial charge >= 0.3 is 11.9 Å². The zero-order chi connectivity index (χ0) is 82.6. The molecule has 1 aliphatic rings. The number of carboxylic acids is 2. The molecule has 1 fully saturated rings. The van der Waals surface area contributed by atoms with Crippen molar-refractivity contribution >= 4 is 99.6 Å². The summed E-state index contributed by atoms with van der Waals surface area (Å²) in [7, 11) is 0. The molecule has 4 rings (SSSR count). The van der Waals surface area contributed by atoms with Gasteiger partial charge in [-0.3, -0.25) is 62.3 Å². The number of aliphatic hydroxyl groups excluding tert-OH is 3. The van der Waals surface area contributed by atoms with E-state index in [2.05, 4.69) is 58.2 Å². The summed E-state index contributed by atoms with van der Waals surface area (Å²) in [6.07, 6.45) is 7.29. The molecule has 0 saturated carbocycles. The number of aromatic nitrogens is 1. The van der Waals surface area contributed by atoms with E-state index in [4.69, 9.17) is 11.5 Å². The number of nitrogens with one attached hydrogen (secondary N) is 11. The number of fused-ring (bicyclic) bond motifs is 1. The Labute approximate surface area is 646 Å². The Balaban J connectivity index is 1.22. The number of nitrogens with zero attached hydrogens (tertiary/aromatic N) is 1. The summed E-state index contributed by atoms with van der Waals surface area (Å²) in [5.41, 5.74) is 12.8. The Morgan fingerprint density at radius 2 is 0.991 bits per heavy atom. The molecule has 2 heterocycles. The van der Waals surface area contributed by atoms with Crippen molar-refractivity contribution in [2.75, 3.05) is 13.2 Å². The van der Waals surface area contributed by atoms with E-state index < -0.39 is 180 Å². The number of carbonyl (C=O) groups is 15. The van der Waals surface area contributed by atoms with Crippen LogP contribution >= 0.6 is 0 Å². The number of likely N-dealkylation sites (tertiary alicyclic amines) is 1. The van der Waals surface area contributed by atoms with Crippen molar-refractivity contribution in [3.05, 3.63) is 84.1 Å². The number of rotatable bonds is 51. The van der Waals surface area contributed by atoms with Crippen molar-refractivity contribution in [3.8, 4) is 0 Å². The monoisotopic (exact) mass is 1560 g/mol. The van der Waals surface area contributed by atoms with Crippen LogP contribution in [0.2, 0.25) is 0 Å². The molecular formula is C77H116N14O20. The highest BCUT2D eigenvalue weighted by atomic mass is 16.4. The van der Waals surface area contributed by atoms with Gasteiger partial charge < -0.3 is 100 Å². The largest absolute Gasteiger partial charge is 0.480 e. The number of unbranched alkanes of at least 4 members (excludes halogenated alkanes) is 6. The summed E-state index contributed by atoms with van der Waals surface area (Å²) >= 11 is 0. The van der Waals surface area contributed by atoms with Crippen LogP contribution in [0.25, 0.3) is 10.9 Å². The average Bonchev–Trinajstić information content (AvgIpc) is 1.74. The Hall–Kier alpha value is -10.4. The smallest absolute Gasteiger partial charge is 0.326 e. The number of nitrogens with two attached hydrogens (primary N) is 2. The molecular weight excluding hydrogens is 1440 g/mol. The molecule has 34 nitrogen and oxygen atoms in total. The second kappa shape index (κ2) is 47.7. The molecule has 0 spiro atoms. The Kier molecular flexibility index (Phi) is 39.9. The number of benzene rings is 2. The number of hydrogen-bond donors (Lipinski definition) is 18. The lowest BCUT2D eigenvalue weighted by atomic mass is 9.96. The van der Waals surface area contributed by atoms with Gasteiger partial charge in [0.25, 0.3) is 0 Å². The number of carbonyl (C=O) groups excluding carboxylic acids is 13. The first-order valence-electron chi connectivity index (χ1n) is 38.1. The van der Waals surface area contributed by atoms with Gasteiger partial charge in [-0.15, -0.1) is 0 Å². The third-order valence-electron chi connectivity index (χ3n) is 19.0. The maximum atomic E-state index is 14.2. The molecule has 0 radical (unpaired) electrons. The number of hydrogen-bond acceptors (Lipinski definition) is 18. The molecule has 0 bridgehead atoms. The van der Waals surface area contributed by atoms with Gasteiger partial charge in [0.1, 0.15) is 66.5 Å². The third-order valence-corrected chi connectivity index (χ3v) is 19.0. The number of aliphatic carboxylic acids is 2. The highest BCUT2D eigenvalue weighted by Gasteiger charge is 2.40. The van der Waals surface area contributed by atoms with Crippen molar-refractivity contribution in [2.24, 2.45) is 29.2 Å². The molecule has 111 heavy (non-hydrogen) atoms. The predicted octanol–water partition coefficient (Wildman–Crippen LogP) is 0.452. The lowest BCUT2D eigenvalue weighted by Gasteiger charge is -2.30. The molecule has 1 aliphatic heterocycles. The van der Waals surface area contributed by atoms with Crippen LogP contribution in [0, 0.1) is 17.8 Å². The number of primary amides is 2. The highest BCUT2D eigenvalue weighted by molar-refractivity contribution is 6.00. The Morgan fingerprint density at radius 3 is 1.51 bits per heavy atom. The first-order chi connectivity index (χ1) is 52.5. The molecule has 34 heteroatoms. The van der Waals surface area contributed by atoms with Crippen LogP contribution in [-0.2, 0) is 84.8 Å². The van der Waals surface area contributed by atoms with Gasteiger partial charge in [0, 0.05) is 55.7 Å². The predicted molar refractivity (Wildman–Crippen MR) is 408 cm³/mol. The minimum absolute atomic E-state index is 0.0158. The normalized spacial score (nSPS) is 16.3. The minimum atomic E-state index is -1.72. The molecule has 14 atom stereocenters. The molecule has 0 aliphatic carbocycles. The van der Waals surface area contributed by atoms with Crippen LogP contribution in [0.15, 0.2) is 72.9 Å². The molecule has 20 N–H and O–H groups in total. The van der Waals surface area contributed by atoms with Crippen LogP contribution in [0.1, 0.15) is 182 Å². The number of H-pyrrole nitrogens is 1. The summed E-state index contributed by atoms with van der Waals surface area (Å²) in [6.45, 7) is 12.2. The number of carboxylic acid groups (broad SMARTS) is 2. The highest BCUT2D eigenvalue weighted by Crippen LogP contribution is 2.23. The second-order valence-electron chi connectivity index (χ2n) is 29.3. The van der Waals surface area contributed by atoms with E-state index >= 15 is 0 Å². The van der Waals surface area contributed by atoms with E-state index in [0.29, 0.717) is 68.9 Å². The summed E-state index contributed by atoms with van der Waals surface area (Å²) in [4.78, 5) is 204. The zero-order valence-corrected chi connectivity index (χ0v) is 64.7. The van der Waals surface area contributed by atoms with E-state index in [1.807, 2.05) is 30.4 Å². The lowest BCUT2D eigenvalue weighted by molar-refractivity contribution is -0.143. The fraction of sp³-hybridized carbons (Fsp3) is 0.597. The summed E-state index contributed by atoms with van der Waals surface area (Å²) in [5.74, 6) is -14.8. The van der Waals surface area contributed by atoms with E-state index in [1.165, 1.54) is 18.7 Å². The van der Waals surface area contributed by atoms with Gasteiger partial charge in [-0.2, -0.15) is 0 Å². The van der Waals surface area contributed by atoms with Crippen molar-refractivity contribution in [2.45, 2.75) is 262 Å². The number of aromatic amines is 1. The van der Waals surface area contributed by atoms with E-state index in [-0.39, 0.29) is 82.1 Å². The molecule has 1 aromatic heterocycles. The van der Waals surface area contributed by atoms with Crippen molar-refractivity contribution in [3.63, 3.8) is 0 Å². The quantitative estimate of drug-likeness (QED) is 0.0269. The summed E-state index contributed by atoms with van der Waals surface area (Å²) in [5, 5.41) is 77.2. The SMILES string of the molecule is CC[C@H](C)[C@H](NC(=O)[C@H](CCC(N)=O)NC(=O)[C@@H]1CCCN1C(=O)CCCCC/C=C\CCCCCC(=O)N[C@@H](CO)C(=O)N[C@H](C(=O)N[C@@H](CC(C)C)C(=O)N[C@@H](CC(N)=O)C(=O)N[C@@H](Cc1ccccc1)C(=O)O)[C@@H](C)O)C(=O)N[C@H](C(=O)N[C@@H](CC(C)C)C(=O)N[C@@H](Cc1c[nH]c2ccccc12)C(=O)O)[C@@H](C)O. The molecule has 3 aromatic rings. The number of aliphatic hydroxyl groups is 3. The van der Waals surface area contributed by atoms with Gasteiger partial charge in [0.05, 0.1) is 25.2 Å². The van der Waals surface area contributed by atoms with Gasteiger partial charge in [-0.25, -0.2) is 9.59 Å².